The smallest absolute Gasteiger partial charge is 0.321 e. The maximum atomic E-state index is 12.1. The number of hydrogen-bond donors (Lipinski definition) is 0. The third-order valence-corrected chi connectivity index (χ3v) is 2.34. The summed E-state index contributed by atoms with van der Waals surface area (Å²) in [5.41, 5.74) is -1.38. The minimum Gasteiger partial charge on any atom is -0.460 e. The lowest BCUT2D eigenvalue weighted by molar-refractivity contribution is -0.169. The first kappa shape index (κ1) is 20.7. The van der Waals surface area contributed by atoms with Gasteiger partial charge in [-0.05, 0) is 48.0 Å². The first-order chi connectivity index (χ1) is 9.85. The van der Waals surface area contributed by atoms with Crippen LogP contribution in [0.25, 0.3) is 0 Å². The lowest BCUT2D eigenvalue weighted by Gasteiger charge is -2.23. The van der Waals surface area contributed by atoms with Crippen molar-refractivity contribution in [1.29, 1.82) is 0 Å². The second kappa shape index (κ2) is 8.36. The minimum absolute atomic E-state index is 0.0560. The zero-order chi connectivity index (χ0) is 17.6. The van der Waals surface area contributed by atoms with Crippen molar-refractivity contribution in [3.05, 3.63) is 0 Å². The average Bonchev–Trinajstić information content (AvgIpc) is 2.24. The Hall–Kier alpha value is -1.30. The Morgan fingerprint density at radius 2 is 1.41 bits per heavy atom. The van der Waals surface area contributed by atoms with Gasteiger partial charge in [0.15, 0.2) is 12.0 Å². The summed E-state index contributed by atoms with van der Waals surface area (Å²) >= 11 is 5.34. The van der Waals surface area contributed by atoms with Gasteiger partial charge in [-0.2, -0.15) is 0 Å². The fraction of sp³-hybridized carbons (Fsp3) is 0.800. The van der Waals surface area contributed by atoms with Crippen LogP contribution in [-0.4, -0.2) is 35.2 Å². The van der Waals surface area contributed by atoms with E-state index in [-0.39, 0.29) is 18.9 Å². The van der Waals surface area contributed by atoms with Gasteiger partial charge in [0.1, 0.15) is 11.2 Å². The fourth-order valence-electron chi connectivity index (χ4n) is 1.51. The summed E-state index contributed by atoms with van der Waals surface area (Å²) in [4.78, 5) is 35.6. The van der Waals surface area contributed by atoms with Crippen LogP contribution < -0.4 is 0 Å². The summed E-state index contributed by atoms with van der Waals surface area (Å²) in [7, 11) is 0. The number of alkyl halides is 1. The molecule has 0 saturated heterocycles. The topological polar surface area (TPSA) is 78.9 Å². The molecule has 0 saturated carbocycles. The van der Waals surface area contributed by atoms with Gasteiger partial charge in [0, 0.05) is 6.42 Å². The molecule has 0 aliphatic heterocycles. The van der Waals surface area contributed by atoms with Gasteiger partial charge in [-0.3, -0.25) is 14.4 Å². The third-order valence-electron chi connectivity index (χ3n) is 2.23. The van der Waals surface area contributed by atoms with E-state index in [2.05, 4.69) is 4.74 Å². The maximum Gasteiger partial charge on any atom is 0.321 e. The van der Waals surface area contributed by atoms with Crippen LogP contribution in [0.4, 0.5) is 0 Å². The third kappa shape index (κ3) is 9.60. The SMILES string of the molecule is CC(C)(C)OC(=O)CCC(C(=O)OCCl)C(=O)OC(C)(C)C. The lowest BCUT2D eigenvalue weighted by Crippen LogP contribution is -2.34. The number of hydrogen-bond acceptors (Lipinski definition) is 6. The zero-order valence-electron chi connectivity index (χ0n) is 14.0. The molecule has 1 unspecified atom stereocenters. The van der Waals surface area contributed by atoms with Crippen LogP contribution in [0.5, 0.6) is 0 Å². The Kier molecular flexibility index (Phi) is 7.87. The Morgan fingerprint density at radius 3 is 1.82 bits per heavy atom. The highest BCUT2D eigenvalue weighted by Crippen LogP contribution is 2.18. The van der Waals surface area contributed by atoms with Crippen molar-refractivity contribution in [2.45, 2.75) is 65.6 Å². The molecule has 0 aromatic heterocycles. The molecule has 0 rings (SSSR count). The van der Waals surface area contributed by atoms with Crippen LogP contribution in [-0.2, 0) is 28.6 Å². The predicted molar refractivity (Wildman–Crippen MR) is 81.2 cm³/mol. The van der Waals surface area contributed by atoms with Crippen molar-refractivity contribution < 1.29 is 28.6 Å². The standard InChI is InChI=1S/C15H25ClO6/c1-14(2,3)21-11(17)8-7-10(12(18)20-9-16)13(19)22-15(4,5)6/h10H,7-9H2,1-6H3. The van der Waals surface area contributed by atoms with E-state index in [1.165, 1.54) is 0 Å². The number of carbonyl (C=O) groups is 3. The van der Waals surface area contributed by atoms with Crippen molar-refractivity contribution in [2.75, 3.05) is 6.07 Å². The highest BCUT2D eigenvalue weighted by atomic mass is 35.5. The molecule has 0 amide bonds. The van der Waals surface area contributed by atoms with E-state index in [0.717, 1.165) is 0 Å². The maximum absolute atomic E-state index is 12.1. The van der Waals surface area contributed by atoms with E-state index in [0.29, 0.717) is 0 Å². The molecule has 0 N–H and O–H groups in total. The van der Waals surface area contributed by atoms with Crippen LogP contribution in [0.2, 0.25) is 0 Å². The fourth-order valence-corrected chi connectivity index (χ4v) is 1.62. The van der Waals surface area contributed by atoms with Gasteiger partial charge in [0.2, 0.25) is 0 Å². The van der Waals surface area contributed by atoms with E-state index < -0.39 is 35.0 Å². The molecular weight excluding hydrogens is 312 g/mol. The second-order valence-corrected chi connectivity index (χ2v) is 7.00. The zero-order valence-corrected chi connectivity index (χ0v) is 14.8. The van der Waals surface area contributed by atoms with Crippen molar-refractivity contribution >= 4 is 29.5 Å². The number of rotatable bonds is 6. The summed E-state index contributed by atoms with van der Waals surface area (Å²) < 4.78 is 15.0. The molecule has 0 aliphatic rings. The summed E-state index contributed by atoms with van der Waals surface area (Å²) in [6.07, 6.45) is -0.155. The van der Waals surface area contributed by atoms with E-state index in [1.54, 1.807) is 41.5 Å². The van der Waals surface area contributed by atoms with Gasteiger partial charge in [-0.15, -0.1) is 0 Å². The van der Waals surface area contributed by atoms with E-state index in [4.69, 9.17) is 21.1 Å². The minimum atomic E-state index is -1.20. The Bertz CT molecular complexity index is 405. The van der Waals surface area contributed by atoms with Crippen molar-refractivity contribution in [3.8, 4) is 0 Å². The molecule has 0 radical (unpaired) electrons. The van der Waals surface area contributed by atoms with E-state index >= 15 is 0 Å². The molecular formula is C15H25ClO6. The quantitative estimate of drug-likeness (QED) is 0.321. The second-order valence-electron chi connectivity index (χ2n) is 6.78. The van der Waals surface area contributed by atoms with Crippen LogP contribution in [0.3, 0.4) is 0 Å². The highest BCUT2D eigenvalue weighted by molar-refractivity contribution is 6.17. The van der Waals surface area contributed by atoms with Crippen LogP contribution in [0, 0.1) is 5.92 Å². The van der Waals surface area contributed by atoms with Crippen molar-refractivity contribution in [1.82, 2.24) is 0 Å². The van der Waals surface area contributed by atoms with E-state index in [9.17, 15) is 14.4 Å². The van der Waals surface area contributed by atoms with Gasteiger partial charge in [-0.1, -0.05) is 11.6 Å². The van der Waals surface area contributed by atoms with Gasteiger partial charge in [-0.25, -0.2) is 0 Å². The summed E-state index contributed by atoms with van der Waals surface area (Å²) in [6, 6.07) is -0.370. The van der Waals surface area contributed by atoms with Crippen LogP contribution >= 0.6 is 11.6 Å². The molecule has 0 aromatic carbocycles. The molecule has 0 heterocycles. The first-order valence-corrected chi connectivity index (χ1v) is 7.56. The summed E-state index contributed by atoms with van der Waals surface area (Å²) in [5.74, 6) is -3.26. The summed E-state index contributed by atoms with van der Waals surface area (Å²) in [5, 5.41) is 0. The Balaban J connectivity index is 4.78. The largest absolute Gasteiger partial charge is 0.460 e. The van der Waals surface area contributed by atoms with Crippen LogP contribution in [0.15, 0.2) is 0 Å². The Morgan fingerprint density at radius 1 is 0.909 bits per heavy atom. The molecule has 1 atom stereocenters. The predicted octanol–water partition coefficient (Wildman–Crippen LogP) is 2.81. The molecule has 22 heavy (non-hydrogen) atoms. The monoisotopic (exact) mass is 336 g/mol. The number of halogens is 1. The van der Waals surface area contributed by atoms with Gasteiger partial charge < -0.3 is 14.2 Å². The van der Waals surface area contributed by atoms with Crippen LogP contribution in [0.1, 0.15) is 54.4 Å². The molecule has 128 valence electrons. The molecule has 0 spiro atoms. The number of carbonyl (C=O) groups excluding carboxylic acids is 3. The molecule has 0 bridgehead atoms. The van der Waals surface area contributed by atoms with E-state index in [1.807, 2.05) is 0 Å². The number of esters is 3. The molecule has 0 fully saturated rings. The Labute approximate surface area is 136 Å². The normalized spacial score (nSPS) is 13.2. The van der Waals surface area contributed by atoms with Gasteiger partial charge in [0.05, 0.1) is 0 Å². The summed E-state index contributed by atoms with van der Waals surface area (Å²) in [6.45, 7) is 10.3. The van der Waals surface area contributed by atoms with Crippen molar-refractivity contribution in [3.63, 3.8) is 0 Å². The number of ether oxygens (including phenoxy) is 3. The highest BCUT2D eigenvalue weighted by Gasteiger charge is 2.33. The van der Waals surface area contributed by atoms with Crippen molar-refractivity contribution in [2.24, 2.45) is 5.92 Å². The van der Waals surface area contributed by atoms with Gasteiger partial charge in [0.25, 0.3) is 0 Å². The van der Waals surface area contributed by atoms with Gasteiger partial charge >= 0.3 is 17.9 Å². The molecule has 0 aliphatic carbocycles. The molecule has 0 aromatic rings. The molecule has 6 nitrogen and oxygen atoms in total. The first-order valence-electron chi connectivity index (χ1n) is 7.03. The molecule has 7 heteroatoms. The lowest BCUT2D eigenvalue weighted by atomic mass is 10.0. The average molecular weight is 337 g/mol.